The van der Waals surface area contributed by atoms with E-state index in [1.165, 1.54) is 24.0 Å². The van der Waals surface area contributed by atoms with Crippen molar-refractivity contribution < 1.29 is 18.3 Å². The molecule has 2 aliphatic rings. The Balaban J connectivity index is 1.40. The number of ether oxygens (including phenoxy) is 1. The standard InChI is InChI=1S/C25H25N3O4S/c1-19-25(29)24(27-18-26-19)17-33(30,31)23-10-8-21(9-11-23)3-2-20-4-6-22(7-5-20)16-28-12-14-32-15-13-28/h4-11,18,29H,1,12-17H2,(H,26,27). The topological polar surface area (TPSA) is 91.2 Å². The molecular formula is C25H25N3O4S. The number of nitrogens with one attached hydrogen (secondary N) is 1. The highest BCUT2D eigenvalue weighted by molar-refractivity contribution is 7.91. The van der Waals surface area contributed by atoms with Crippen molar-refractivity contribution in [1.29, 1.82) is 0 Å². The SMILES string of the molecule is C=C1NC=NC(CS(=O)(=O)c2ccc(C#Cc3ccc(CN4CCOCC4)cc3)cc2)=C1O. The second kappa shape index (κ2) is 10.0. The zero-order chi connectivity index (χ0) is 23.3. The number of aliphatic hydroxyl groups excluding tert-OH is 1. The lowest BCUT2D eigenvalue weighted by molar-refractivity contribution is 0.0342. The molecule has 0 aromatic heterocycles. The summed E-state index contributed by atoms with van der Waals surface area (Å²) in [6.45, 7) is 7.98. The maximum atomic E-state index is 12.7. The van der Waals surface area contributed by atoms with E-state index in [0.29, 0.717) is 5.56 Å². The first-order valence-corrected chi connectivity index (χ1v) is 12.2. The Kier molecular flexibility index (Phi) is 6.94. The molecule has 8 heteroatoms. The fourth-order valence-corrected chi connectivity index (χ4v) is 4.75. The van der Waals surface area contributed by atoms with E-state index in [0.717, 1.165) is 38.4 Å². The first-order chi connectivity index (χ1) is 15.9. The fraction of sp³-hybridized carbons (Fsp3) is 0.240. The number of hydrogen-bond acceptors (Lipinski definition) is 7. The zero-order valence-corrected chi connectivity index (χ0v) is 18.9. The molecule has 0 aliphatic carbocycles. The Labute approximate surface area is 194 Å². The molecule has 1 fully saturated rings. The van der Waals surface area contributed by atoms with Crippen LogP contribution in [-0.2, 0) is 21.1 Å². The highest BCUT2D eigenvalue weighted by atomic mass is 32.2. The van der Waals surface area contributed by atoms with Crippen LogP contribution in [-0.4, -0.2) is 56.8 Å². The van der Waals surface area contributed by atoms with Gasteiger partial charge in [0.1, 0.15) is 11.4 Å². The van der Waals surface area contributed by atoms with Crippen LogP contribution in [0.5, 0.6) is 0 Å². The number of sulfone groups is 1. The van der Waals surface area contributed by atoms with Crippen LogP contribution in [0.4, 0.5) is 0 Å². The normalized spacial score (nSPS) is 16.8. The Morgan fingerprint density at radius 3 is 2.27 bits per heavy atom. The van der Waals surface area contributed by atoms with E-state index in [-0.39, 0.29) is 22.0 Å². The molecule has 2 heterocycles. The summed E-state index contributed by atoms with van der Waals surface area (Å²) >= 11 is 0. The van der Waals surface area contributed by atoms with Crippen molar-refractivity contribution in [2.75, 3.05) is 32.1 Å². The van der Waals surface area contributed by atoms with Crippen LogP contribution >= 0.6 is 0 Å². The van der Waals surface area contributed by atoms with Crippen molar-refractivity contribution in [1.82, 2.24) is 10.2 Å². The van der Waals surface area contributed by atoms with Gasteiger partial charge in [-0.25, -0.2) is 13.4 Å². The largest absolute Gasteiger partial charge is 0.504 e. The molecule has 0 atom stereocenters. The molecule has 2 aromatic rings. The van der Waals surface area contributed by atoms with E-state index < -0.39 is 15.6 Å². The van der Waals surface area contributed by atoms with E-state index in [1.54, 1.807) is 12.1 Å². The molecule has 0 amide bonds. The third kappa shape index (κ3) is 5.90. The number of nitrogens with zero attached hydrogens (tertiary/aromatic N) is 2. The van der Waals surface area contributed by atoms with Gasteiger partial charge in [-0.1, -0.05) is 30.6 Å². The van der Waals surface area contributed by atoms with Crippen LogP contribution in [0.25, 0.3) is 0 Å². The predicted octanol–water partition coefficient (Wildman–Crippen LogP) is 2.61. The summed E-state index contributed by atoms with van der Waals surface area (Å²) in [5.74, 6) is 5.52. The van der Waals surface area contributed by atoms with Crippen LogP contribution in [0.2, 0.25) is 0 Å². The minimum Gasteiger partial charge on any atom is -0.504 e. The van der Waals surface area contributed by atoms with Gasteiger partial charge < -0.3 is 15.2 Å². The van der Waals surface area contributed by atoms with E-state index >= 15 is 0 Å². The van der Waals surface area contributed by atoms with Gasteiger partial charge >= 0.3 is 0 Å². The Morgan fingerprint density at radius 2 is 1.64 bits per heavy atom. The van der Waals surface area contributed by atoms with Crippen molar-refractivity contribution >= 4 is 16.2 Å². The van der Waals surface area contributed by atoms with Crippen LogP contribution in [0.3, 0.4) is 0 Å². The molecule has 4 rings (SSSR count). The molecule has 7 nitrogen and oxygen atoms in total. The minimum atomic E-state index is -3.68. The lowest BCUT2D eigenvalue weighted by Gasteiger charge is -2.26. The quantitative estimate of drug-likeness (QED) is 0.663. The van der Waals surface area contributed by atoms with Crippen molar-refractivity contribution in [3.63, 3.8) is 0 Å². The Bertz CT molecular complexity index is 1250. The van der Waals surface area contributed by atoms with Crippen LogP contribution in [0.1, 0.15) is 16.7 Å². The highest BCUT2D eigenvalue weighted by Crippen LogP contribution is 2.20. The lowest BCUT2D eigenvalue weighted by atomic mass is 10.1. The monoisotopic (exact) mass is 463 g/mol. The molecule has 2 N–H and O–H groups in total. The van der Waals surface area contributed by atoms with Gasteiger partial charge in [0.15, 0.2) is 15.6 Å². The molecule has 2 aromatic carbocycles. The number of aliphatic hydroxyl groups is 1. The maximum absolute atomic E-state index is 12.7. The minimum absolute atomic E-state index is 0.0553. The molecule has 0 unspecified atom stereocenters. The summed E-state index contributed by atoms with van der Waals surface area (Å²) in [6.07, 6.45) is 1.31. The summed E-state index contributed by atoms with van der Waals surface area (Å²) in [6, 6.07) is 14.5. The van der Waals surface area contributed by atoms with Gasteiger partial charge in [-0.3, -0.25) is 4.90 Å². The molecule has 0 saturated carbocycles. The third-order valence-electron chi connectivity index (χ3n) is 5.37. The maximum Gasteiger partial charge on any atom is 0.184 e. The van der Waals surface area contributed by atoms with Gasteiger partial charge in [0.05, 0.1) is 30.1 Å². The van der Waals surface area contributed by atoms with E-state index in [2.05, 4.69) is 45.8 Å². The van der Waals surface area contributed by atoms with Gasteiger partial charge in [-0.05, 0) is 42.0 Å². The Hall–Kier alpha value is -3.38. The fourth-order valence-electron chi connectivity index (χ4n) is 3.46. The Morgan fingerprint density at radius 1 is 1.03 bits per heavy atom. The average Bonchev–Trinajstić information content (AvgIpc) is 2.82. The second-order valence-corrected chi connectivity index (χ2v) is 9.78. The van der Waals surface area contributed by atoms with Crippen molar-refractivity contribution in [3.8, 4) is 11.8 Å². The summed E-state index contributed by atoms with van der Waals surface area (Å²) < 4.78 is 30.8. The van der Waals surface area contributed by atoms with Gasteiger partial charge in [0.2, 0.25) is 0 Å². The molecule has 0 radical (unpaired) electrons. The van der Waals surface area contributed by atoms with Crippen LogP contribution in [0.15, 0.2) is 82.2 Å². The molecule has 2 aliphatic heterocycles. The molecule has 0 spiro atoms. The first-order valence-electron chi connectivity index (χ1n) is 10.5. The molecule has 33 heavy (non-hydrogen) atoms. The smallest absolute Gasteiger partial charge is 0.184 e. The van der Waals surface area contributed by atoms with Gasteiger partial charge in [0, 0.05) is 30.8 Å². The number of rotatable bonds is 5. The summed E-state index contributed by atoms with van der Waals surface area (Å²) in [5, 5.41) is 12.6. The third-order valence-corrected chi connectivity index (χ3v) is 7.02. The van der Waals surface area contributed by atoms with Crippen molar-refractivity contribution in [2.24, 2.45) is 4.99 Å². The second-order valence-electron chi connectivity index (χ2n) is 7.80. The van der Waals surface area contributed by atoms with E-state index in [9.17, 15) is 13.5 Å². The number of morpholine rings is 1. The predicted molar refractivity (Wildman–Crippen MR) is 127 cm³/mol. The van der Waals surface area contributed by atoms with Gasteiger partial charge in [0.25, 0.3) is 0 Å². The van der Waals surface area contributed by atoms with Crippen molar-refractivity contribution in [3.05, 3.63) is 89.0 Å². The summed E-state index contributed by atoms with van der Waals surface area (Å²) in [4.78, 5) is 6.42. The highest BCUT2D eigenvalue weighted by Gasteiger charge is 2.21. The summed E-state index contributed by atoms with van der Waals surface area (Å²) in [5.41, 5.74) is 3.11. The lowest BCUT2D eigenvalue weighted by Crippen LogP contribution is -2.35. The van der Waals surface area contributed by atoms with E-state index in [1.807, 2.05) is 12.1 Å². The number of hydrogen-bond donors (Lipinski definition) is 2. The zero-order valence-electron chi connectivity index (χ0n) is 18.1. The first kappa shape index (κ1) is 22.8. The summed E-state index contributed by atoms with van der Waals surface area (Å²) in [7, 11) is -3.68. The van der Waals surface area contributed by atoms with Crippen LogP contribution < -0.4 is 5.32 Å². The number of aliphatic imine (C=N–C) groups is 1. The van der Waals surface area contributed by atoms with E-state index in [4.69, 9.17) is 4.74 Å². The molecule has 170 valence electrons. The molecule has 1 saturated heterocycles. The number of benzene rings is 2. The van der Waals surface area contributed by atoms with Gasteiger partial charge in [-0.2, -0.15) is 0 Å². The average molecular weight is 464 g/mol. The van der Waals surface area contributed by atoms with Crippen LogP contribution in [0, 0.1) is 11.8 Å². The molecule has 0 bridgehead atoms. The van der Waals surface area contributed by atoms with Gasteiger partial charge in [-0.15, -0.1) is 0 Å². The van der Waals surface area contributed by atoms with Crippen molar-refractivity contribution in [2.45, 2.75) is 11.4 Å². The molecular weight excluding hydrogens is 438 g/mol.